The van der Waals surface area contributed by atoms with Crippen LogP contribution in [0.3, 0.4) is 0 Å². The molecule has 3 heterocycles. The number of aromatic nitrogens is 6. The first-order valence-corrected chi connectivity index (χ1v) is 8.24. The number of nitrogens with one attached hydrogen (secondary N) is 1. The summed E-state index contributed by atoms with van der Waals surface area (Å²) in [5, 5.41) is 9.04. The molecule has 25 heavy (non-hydrogen) atoms. The molecule has 0 amide bonds. The lowest BCUT2D eigenvalue weighted by atomic mass is 10.2. The fraction of sp³-hybridized carbons (Fsp3) is 0.211. The lowest BCUT2D eigenvalue weighted by Gasteiger charge is -2.02. The van der Waals surface area contributed by atoms with Crippen LogP contribution in [0.1, 0.15) is 17.0 Å². The molecule has 126 valence electrons. The Balaban J connectivity index is 1.85. The predicted molar refractivity (Wildman–Crippen MR) is 98.8 cm³/mol. The van der Waals surface area contributed by atoms with Crippen LogP contribution in [-0.4, -0.2) is 29.5 Å². The second-order valence-corrected chi connectivity index (χ2v) is 6.23. The number of allylic oxidation sites excluding steroid dienone is 1. The zero-order valence-electron chi connectivity index (χ0n) is 14.6. The Kier molecular flexibility index (Phi) is 3.53. The van der Waals surface area contributed by atoms with Crippen LogP contribution in [0.2, 0.25) is 0 Å². The third kappa shape index (κ3) is 2.46. The summed E-state index contributed by atoms with van der Waals surface area (Å²) in [6, 6.07) is 8.27. The number of rotatable bonds is 4. The van der Waals surface area contributed by atoms with E-state index in [-0.39, 0.29) is 0 Å². The quantitative estimate of drug-likeness (QED) is 0.579. The Morgan fingerprint density at radius 1 is 1.16 bits per heavy atom. The molecule has 0 spiro atoms. The molecule has 0 bridgehead atoms. The molecule has 1 aromatic carbocycles. The lowest BCUT2D eigenvalue weighted by Crippen LogP contribution is -2.00. The van der Waals surface area contributed by atoms with Crippen LogP contribution in [0.15, 0.2) is 43.1 Å². The van der Waals surface area contributed by atoms with E-state index >= 15 is 0 Å². The number of imidazole rings is 1. The number of aryl methyl sites for hydroxylation is 2. The van der Waals surface area contributed by atoms with Crippen molar-refractivity contribution in [2.24, 2.45) is 0 Å². The van der Waals surface area contributed by atoms with Crippen LogP contribution in [-0.2, 0) is 6.54 Å². The number of aromatic amines is 1. The first-order chi connectivity index (χ1) is 12.1. The first-order valence-electron chi connectivity index (χ1n) is 8.24. The van der Waals surface area contributed by atoms with Gasteiger partial charge in [-0.1, -0.05) is 23.8 Å². The highest BCUT2D eigenvalue weighted by Crippen LogP contribution is 2.26. The van der Waals surface area contributed by atoms with Crippen LogP contribution in [0.4, 0.5) is 0 Å². The van der Waals surface area contributed by atoms with E-state index < -0.39 is 0 Å². The molecule has 0 saturated carbocycles. The zero-order chi connectivity index (χ0) is 17.6. The minimum Gasteiger partial charge on any atom is -0.335 e. The van der Waals surface area contributed by atoms with Gasteiger partial charge in [-0.2, -0.15) is 10.2 Å². The van der Waals surface area contributed by atoms with E-state index in [1.165, 1.54) is 5.56 Å². The van der Waals surface area contributed by atoms with Gasteiger partial charge in [0.1, 0.15) is 11.3 Å². The third-order valence-corrected chi connectivity index (χ3v) is 4.44. The molecule has 0 aliphatic heterocycles. The number of hydrogen-bond acceptors (Lipinski definition) is 3. The maximum atomic E-state index is 4.80. The van der Waals surface area contributed by atoms with Crippen molar-refractivity contribution in [2.75, 3.05) is 0 Å². The summed E-state index contributed by atoms with van der Waals surface area (Å²) in [7, 11) is 0. The highest BCUT2D eigenvalue weighted by molar-refractivity contribution is 5.80. The summed E-state index contributed by atoms with van der Waals surface area (Å²) >= 11 is 0. The molecular weight excluding hydrogens is 312 g/mol. The van der Waals surface area contributed by atoms with E-state index in [1.807, 2.05) is 35.5 Å². The van der Waals surface area contributed by atoms with Gasteiger partial charge in [0.15, 0.2) is 5.65 Å². The lowest BCUT2D eigenvalue weighted by molar-refractivity contribution is 0.680. The number of hydrogen-bond donors (Lipinski definition) is 1. The standard InChI is InChI=1S/C19H20N6/c1-5-10-24-14(4)16(11-20-24)18-21-17-13(3)23-25(19(17)22-18)15-8-6-12(2)7-9-15/h5-9,11H,1,10H2,2-4H3,(H,21,22). The van der Waals surface area contributed by atoms with E-state index in [1.54, 1.807) is 0 Å². The van der Waals surface area contributed by atoms with Gasteiger partial charge >= 0.3 is 0 Å². The molecule has 4 rings (SSSR count). The average molecular weight is 332 g/mol. The van der Waals surface area contributed by atoms with Gasteiger partial charge in [0.05, 0.1) is 29.7 Å². The van der Waals surface area contributed by atoms with Gasteiger partial charge in [0, 0.05) is 5.69 Å². The van der Waals surface area contributed by atoms with Crippen molar-refractivity contribution in [3.05, 3.63) is 60.1 Å². The van der Waals surface area contributed by atoms with Crippen molar-refractivity contribution in [3.63, 3.8) is 0 Å². The molecule has 6 nitrogen and oxygen atoms in total. The Morgan fingerprint density at radius 3 is 2.64 bits per heavy atom. The van der Waals surface area contributed by atoms with E-state index in [9.17, 15) is 0 Å². The zero-order valence-corrected chi connectivity index (χ0v) is 14.6. The molecule has 3 aromatic heterocycles. The summed E-state index contributed by atoms with van der Waals surface area (Å²) in [5.41, 5.74) is 6.97. The van der Waals surface area contributed by atoms with Crippen molar-refractivity contribution >= 4 is 11.2 Å². The van der Waals surface area contributed by atoms with Crippen molar-refractivity contribution in [1.82, 2.24) is 29.5 Å². The second-order valence-electron chi connectivity index (χ2n) is 6.23. The van der Waals surface area contributed by atoms with Gasteiger partial charge in [0.25, 0.3) is 0 Å². The van der Waals surface area contributed by atoms with Gasteiger partial charge in [-0.05, 0) is 32.9 Å². The summed E-state index contributed by atoms with van der Waals surface area (Å²) in [4.78, 5) is 8.21. The minimum absolute atomic E-state index is 0.683. The van der Waals surface area contributed by atoms with Crippen molar-refractivity contribution < 1.29 is 0 Å². The highest BCUT2D eigenvalue weighted by Gasteiger charge is 2.17. The molecule has 0 saturated heterocycles. The Bertz CT molecular complexity index is 1060. The minimum atomic E-state index is 0.683. The molecular formula is C19H20N6. The van der Waals surface area contributed by atoms with E-state index in [4.69, 9.17) is 4.98 Å². The van der Waals surface area contributed by atoms with Crippen molar-refractivity contribution in [3.8, 4) is 17.1 Å². The van der Waals surface area contributed by atoms with Gasteiger partial charge in [-0.25, -0.2) is 9.67 Å². The second kappa shape index (κ2) is 5.73. The molecule has 0 aliphatic carbocycles. The Labute approximate surface area is 145 Å². The number of benzene rings is 1. The van der Waals surface area contributed by atoms with Crippen molar-refractivity contribution in [2.45, 2.75) is 27.3 Å². The number of fused-ring (bicyclic) bond motifs is 1. The summed E-state index contributed by atoms with van der Waals surface area (Å²) in [6.45, 7) is 10.6. The molecule has 1 N–H and O–H groups in total. The summed E-state index contributed by atoms with van der Waals surface area (Å²) < 4.78 is 3.79. The third-order valence-electron chi connectivity index (χ3n) is 4.44. The molecule has 0 aliphatic rings. The topological polar surface area (TPSA) is 64.3 Å². The van der Waals surface area contributed by atoms with Gasteiger partial charge in [0.2, 0.25) is 0 Å². The Morgan fingerprint density at radius 2 is 1.92 bits per heavy atom. The normalized spacial score (nSPS) is 11.3. The maximum Gasteiger partial charge on any atom is 0.181 e. The van der Waals surface area contributed by atoms with Gasteiger partial charge in [-0.15, -0.1) is 6.58 Å². The predicted octanol–water partition coefficient (Wildman–Crippen LogP) is 3.72. The van der Waals surface area contributed by atoms with Crippen molar-refractivity contribution in [1.29, 1.82) is 0 Å². The fourth-order valence-electron chi connectivity index (χ4n) is 3.00. The largest absolute Gasteiger partial charge is 0.335 e. The molecule has 0 unspecified atom stereocenters. The number of nitrogens with zero attached hydrogens (tertiary/aromatic N) is 5. The smallest absolute Gasteiger partial charge is 0.181 e. The van der Waals surface area contributed by atoms with Crippen LogP contribution in [0.25, 0.3) is 28.2 Å². The van der Waals surface area contributed by atoms with Crippen LogP contribution >= 0.6 is 0 Å². The van der Waals surface area contributed by atoms with Gasteiger partial charge < -0.3 is 4.98 Å². The number of H-pyrrole nitrogens is 1. The first kappa shape index (κ1) is 15.4. The van der Waals surface area contributed by atoms with Crippen LogP contribution in [0.5, 0.6) is 0 Å². The van der Waals surface area contributed by atoms with Crippen LogP contribution in [0, 0.1) is 20.8 Å². The molecule has 0 radical (unpaired) electrons. The van der Waals surface area contributed by atoms with Gasteiger partial charge in [-0.3, -0.25) is 4.68 Å². The molecule has 0 fully saturated rings. The maximum absolute atomic E-state index is 4.80. The highest BCUT2D eigenvalue weighted by atomic mass is 15.3. The Hall–Kier alpha value is -3.15. The van der Waals surface area contributed by atoms with E-state index in [0.717, 1.165) is 39.6 Å². The SMILES string of the molecule is C=CCn1ncc(-c2nc3c([nH]2)c(C)nn3-c2ccc(C)cc2)c1C. The van der Waals surface area contributed by atoms with E-state index in [0.29, 0.717) is 6.54 Å². The monoisotopic (exact) mass is 332 g/mol. The van der Waals surface area contributed by atoms with Crippen LogP contribution < -0.4 is 0 Å². The average Bonchev–Trinajstić information content (AvgIpc) is 3.25. The molecule has 0 atom stereocenters. The molecule has 4 aromatic rings. The van der Waals surface area contributed by atoms with E-state index in [2.05, 4.69) is 52.9 Å². The summed E-state index contributed by atoms with van der Waals surface area (Å²) in [6.07, 6.45) is 3.68. The summed E-state index contributed by atoms with van der Waals surface area (Å²) in [5.74, 6) is 0.809. The molecule has 6 heteroatoms. The fourth-order valence-corrected chi connectivity index (χ4v) is 3.00.